The molecule has 2 aromatic carbocycles. The summed E-state index contributed by atoms with van der Waals surface area (Å²) in [6.45, 7) is 0.926. The zero-order valence-electron chi connectivity index (χ0n) is 13.2. The van der Waals surface area contributed by atoms with E-state index in [0.717, 1.165) is 17.5 Å². The molecule has 4 rings (SSSR count). The van der Waals surface area contributed by atoms with Gasteiger partial charge < -0.3 is 10.3 Å². The van der Waals surface area contributed by atoms with Crippen molar-refractivity contribution in [2.75, 3.05) is 6.54 Å². The van der Waals surface area contributed by atoms with Crippen molar-refractivity contribution in [3.8, 4) is 0 Å². The van der Waals surface area contributed by atoms with Crippen LogP contribution in [-0.4, -0.2) is 22.0 Å². The zero-order chi connectivity index (χ0) is 16.5. The molecule has 1 aromatic heterocycles. The lowest BCUT2D eigenvalue weighted by Gasteiger charge is -2.06. The summed E-state index contributed by atoms with van der Waals surface area (Å²) in [6, 6.07) is 17.7. The molecular weight excluding hydrogens is 302 g/mol. The molecule has 1 fully saturated rings. The van der Waals surface area contributed by atoms with E-state index >= 15 is 0 Å². The monoisotopic (exact) mass is 321 g/mol. The Morgan fingerprint density at radius 3 is 2.71 bits per heavy atom. The highest BCUT2D eigenvalue weighted by molar-refractivity contribution is 5.82. The number of nitrogens with zero attached hydrogens (tertiary/aromatic N) is 1. The first-order chi connectivity index (χ1) is 11.7. The van der Waals surface area contributed by atoms with E-state index in [-0.39, 0.29) is 17.5 Å². The fourth-order valence-corrected chi connectivity index (χ4v) is 3.30. The number of carbonyl (C=O) groups is 1. The second-order valence-corrected chi connectivity index (χ2v) is 6.25. The van der Waals surface area contributed by atoms with Crippen molar-refractivity contribution in [1.29, 1.82) is 0 Å². The predicted octanol–water partition coefficient (Wildman–Crippen LogP) is 2.25. The van der Waals surface area contributed by atoms with Gasteiger partial charge in [0.25, 0.3) is 0 Å². The van der Waals surface area contributed by atoms with Crippen LogP contribution in [0.1, 0.15) is 17.9 Å². The number of aromatic nitrogens is 2. The van der Waals surface area contributed by atoms with Crippen molar-refractivity contribution >= 4 is 16.9 Å². The Kier molecular flexibility index (Phi) is 3.69. The van der Waals surface area contributed by atoms with Gasteiger partial charge >= 0.3 is 5.69 Å². The number of hydrogen-bond donors (Lipinski definition) is 2. The Hall–Kier alpha value is -2.82. The van der Waals surface area contributed by atoms with Crippen molar-refractivity contribution in [3.63, 3.8) is 0 Å². The number of amides is 1. The Balaban J connectivity index is 1.35. The van der Waals surface area contributed by atoms with Gasteiger partial charge in [0, 0.05) is 19.0 Å². The first-order valence-electron chi connectivity index (χ1n) is 8.24. The second-order valence-electron chi connectivity index (χ2n) is 6.25. The first kappa shape index (κ1) is 14.8. The highest BCUT2D eigenvalue weighted by atomic mass is 16.2. The molecule has 0 radical (unpaired) electrons. The molecule has 2 atom stereocenters. The number of imidazole rings is 1. The van der Waals surface area contributed by atoms with Crippen molar-refractivity contribution in [2.45, 2.75) is 18.9 Å². The van der Waals surface area contributed by atoms with Crippen molar-refractivity contribution in [3.05, 3.63) is 70.6 Å². The Bertz CT molecular complexity index is 926. The van der Waals surface area contributed by atoms with Gasteiger partial charge in [-0.25, -0.2) is 4.79 Å². The smallest absolute Gasteiger partial charge is 0.326 e. The van der Waals surface area contributed by atoms with Crippen LogP contribution in [0.3, 0.4) is 0 Å². The lowest BCUT2D eigenvalue weighted by Crippen LogP contribution is -2.31. The maximum atomic E-state index is 12.3. The Morgan fingerprint density at radius 2 is 1.88 bits per heavy atom. The normalized spacial score (nSPS) is 19.3. The standard InChI is InChI=1S/C19H19N3O2/c23-18(15-12-14(15)13-6-2-1-3-7-13)20-10-11-22-17-9-5-4-8-16(17)21-19(22)24/h1-9,14-15H,10-12H2,(H,20,23)(H,21,24). The van der Waals surface area contributed by atoms with Gasteiger partial charge in [-0.2, -0.15) is 0 Å². The molecule has 1 heterocycles. The number of H-pyrrole nitrogens is 1. The first-order valence-corrected chi connectivity index (χ1v) is 8.24. The molecule has 0 saturated heterocycles. The number of aromatic amines is 1. The topological polar surface area (TPSA) is 66.9 Å². The Labute approximate surface area is 139 Å². The Morgan fingerprint density at radius 1 is 1.12 bits per heavy atom. The average Bonchev–Trinajstić information content (AvgIpc) is 3.35. The van der Waals surface area contributed by atoms with Crippen molar-refractivity contribution in [1.82, 2.24) is 14.9 Å². The second kappa shape index (κ2) is 6.00. The number of rotatable bonds is 5. The molecule has 0 bridgehead atoms. The van der Waals surface area contributed by atoms with Gasteiger partial charge in [-0.15, -0.1) is 0 Å². The van der Waals surface area contributed by atoms with Crippen LogP contribution >= 0.6 is 0 Å². The molecule has 1 aliphatic rings. The van der Waals surface area contributed by atoms with E-state index < -0.39 is 0 Å². The van der Waals surface area contributed by atoms with Crippen LogP contribution < -0.4 is 11.0 Å². The van der Waals surface area contributed by atoms with E-state index in [4.69, 9.17) is 0 Å². The molecule has 5 nitrogen and oxygen atoms in total. The highest BCUT2D eigenvalue weighted by Gasteiger charge is 2.43. The number of fused-ring (bicyclic) bond motifs is 1. The van der Waals surface area contributed by atoms with Crippen molar-refractivity contribution < 1.29 is 4.79 Å². The van der Waals surface area contributed by atoms with E-state index in [2.05, 4.69) is 22.4 Å². The molecule has 2 unspecified atom stereocenters. The van der Waals surface area contributed by atoms with E-state index in [0.29, 0.717) is 19.0 Å². The summed E-state index contributed by atoms with van der Waals surface area (Å²) in [5, 5.41) is 2.96. The van der Waals surface area contributed by atoms with Crippen LogP contribution in [0, 0.1) is 5.92 Å². The van der Waals surface area contributed by atoms with Crippen LogP contribution in [0.25, 0.3) is 11.0 Å². The van der Waals surface area contributed by atoms with E-state index in [1.165, 1.54) is 5.56 Å². The van der Waals surface area contributed by atoms with Crippen molar-refractivity contribution in [2.24, 2.45) is 5.92 Å². The number of benzene rings is 2. The van der Waals surface area contributed by atoms with E-state index in [9.17, 15) is 9.59 Å². The fraction of sp³-hybridized carbons (Fsp3) is 0.263. The molecule has 122 valence electrons. The zero-order valence-corrected chi connectivity index (χ0v) is 13.2. The predicted molar refractivity (Wildman–Crippen MR) is 92.9 cm³/mol. The molecule has 2 N–H and O–H groups in total. The SMILES string of the molecule is O=C(NCCn1c(=O)[nH]c2ccccc21)C1CC1c1ccccc1. The van der Waals surface area contributed by atoms with Crippen LogP contribution in [0.5, 0.6) is 0 Å². The lowest BCUT2D eigenvalue weighted by molar-refractivity contribution is -0.122. The summed E-state index contributed by atoms with van der Waals surface area (Å²) in [5.41, 5.74) is 2.77. The van der Waals surface area contributed by atoms with Crippen LogP contribution in [0.4, 0.5) is 0 Å². The highest BCUT2D eigenvalue weighted by Crippen LogP contribution is 2.47. The molecular formula is C19H19N3O2. The largest absolute Gasteiger partial charge is 0.354 e. The number of carbonyl (C=O) groups excluding carboxylic acids is 1. The summed E-state index contributed by atoms with van der Waals surface area (Å²) >= 11 is 0. The summed E-state index contributed by atoms with van der Waals surface area (Å²) in [5.74, 6) is 0.478. The maximum absolute atomic E-state index is 12.3. The molecule has 3 aromatic rings. The van der Waals surface area contributed by atoms with E-state index in [1.807, 2.05) is 42.5 Å². The maximum Gasteiger partial charge on any atom is 0.326 e. The van der Waals surface area contributed by atoms with Gasteiger partial charge in [0.2, 0.25) is 5.91 Å². The van der Waals surface area contributed by atoms with Gasteiger partial charge in [-0.1, -0.05) is 42.5 Å². The van der Waals surface area contributed by atoms with Gasteiger partial charge in [-0.3, -0.25) is 9.36 Å². The summed E-state index contributed by atoms with van der Waals surface area (Å²) in [7, 11) is 0. The number of para-hydroxylation sites is 2. The molecule has 1 saturated carbocycles. The van der Waals surface area contributed by atoms with Gasteiger partial charge in [0.1, 0.15) is 0 Å². The number of hydrogen-bond acceptors (Lipinski definition) is 2. The summed E-state index contributed by atoms with van der Waals surface area (Å²) in [6.07, 6.45) is 0.906. The third kappa shape index (κ3) is 2.73. The molecule has 0 aliphatic heterocycles. The van der Waals surface area contributed by atoms with Gasteiger partial charge in [0.05, 0.1) is 11.0 Å². The van der Waals surface area contributed by atoms with Crippen LogP contribution in [-0.2, 0) is 11.3 Å². The molecule has 1 amide bonds. The minimum Gasteiger partial charge on any atom is -0.354 e. The summed E-state index contributed by atoms with van der Waals surface area (Å²) in [4.78, 5) is 27.1. The van der Waals surface area contributed by atoms with Gasteiger partial charge in [0.15, 0.2) is 0 Å². The third-order valence-corrected chi connectivity index (χ3v) is 4.67. The van der Waals surface area contributed by atoms with E-state index in [1.54, 1.807) is 4.57 Å². The fourth-order valence-electron chi connectivity index (χ4n) is 3.30. The number of nitrogens with one attached hydrogen (secondary N) is 2. The minimum absolute atomic E-state index is 0.0621. The third-order valence-electron chi connectivity index (χ3n) is 4.67. The molecule has 24 heavy (non-hydrogen) atoms. The van der Waals surface area contributed by atoms with Gasteiger partial charge in [-0.05, 0) is 30.0 Å². The minimum atomic E-state index is -0.140. The molecule has 1 aliphatic carbocycles. The molecule has 0 spiro atoms. The summed E-state index contributed by atoms with van der Waals surface area (Å²) < 4.78 is 1.66. The molecule has 5 heteroatoms. The quantitative estimate of drug-likeness (QED) is 0.757. The van der Waals surface area contributed by atoms with Crippen LogP contribution in [0.15, 0.2) is 59.4 Å². The van der Waals surface area contributed by atoms with Crippen LogP contribution in [0.2, 0.25) is 0 Å². The lowest BCUT2D eigenvalue weighted by atomic mass is 10.1. The average molecular weight is 321 g/mol.